The lowest BCUT2D eigenvalue weighted by molar-refractivity contribution is -0.154. The van der Waals surface area contributed by atoms with E-state index in [1.54, 1.807) is 13.0 Å². The maximum absolute atomic E-state index is 13.6. The quantitative estimate of drug-likeness (QED) is 0.800. The Balaban J connectivity index is 1.84. The van der Waals surface area contributed by atoms with Gasteiger partial charge in [0.25, 0.3) is 5.91 Å². The van der Waals surface area contributed by atoms with E-state index < -0.39 is 17.9 Å². The molecule has 6 heteroatoms. The van der Waals surface area contributed by atoms with E-state index in [2.05, 4.69) is 12.2 Å². The van der Waals surface area contributed by atoms with E-state index in [0.29, 0.717) is 11.5 Å². The Morgan fingerprint density at radius 3 is 2.68 bits per heavy atom. The number of carbonyl (C=O) groups is 2. The van der Waals surface area contributed by atoms with Crippen molar-refractivity contribution in [1.82, 2.24) is 5.32 Å². The van der Waals surface area contributed by atoms with Crippen LogP contribution in [0, 0.1) is 11.7 Å². The number of carbonyl (C=O) groups excluding carboxylic acids is 2. The molecule has 0 aliphatic heterocycles. The van der Waals surface area contributed by atoms with Crippen molar-refractivity contribution >= 4 is 11.9 Å². The maximum atomic E-state index is 13.6. The molecule has 0 saturated heterocycles. The molecule has 1 N–H and O–H groups in total. The van der Waals surface area contributed by atoms with Crippen LogP contribution in [0.3, 0.4) is 0 Å². The van der Waals surface area contributed by atoms with Crippen LogP contribution >= 0.6 is 0 Å². The van der Waals surface area contributed by atoms with Gasteiger partial charge in [0, 0.05) is 6.04 Å². The predicted molar refractivity (Wildman–Crippen MR) is 91.8 cm³/mol. The first kappa shape index (κ1) is 19.2. The number of rotatable bonds is 6. The van der Waals surface area contributed by atoms with Crippen molar-refractivity contribution < 1.29 is 23.5 Å². The van der Waals surface area contributed by atoms with Gasteiger partial charge < -0.3 is 14.8 Å². The van der Waals surface area contributed by atoms with Crippen LogP contribution in [0.1, 0.15) is 45.1 Å². The molecule has 0 bridgehead atoms. The first-order chi connectivity index (χ1) is 11.9. The fourth-order valence-corrected chi connectivity index (χ4v) is 3.11. The molecule has 138 valence electrons. The third-order valence-electron chi connectivity index (χ3n) is 4.68. The highest BCUT2D eigenvalue weighted by atomic mass is 19.1. The first-order valence-corrected chi connectivity index (χ1v) is 8.73. The zero-order chi connectivity index (χ0) is 18.4. The molecule has 0 unspecified atom stereocenters. The van der Waals surface area contributed by atoms with Gasteiger partial charge in [0.1, 0.15) is 0 Å². The predicted octanol–water partition coefficient (Wildman–Crippen LogP) is 3.00. The number of esters is 1. The second-order valence-electron chi connectivity index (χ2n) is 6.65. The van der Waals surface area contributed by atoms with E-state index in [-0.39, 0.29) is 24.1 Å². The third kappa shape index (κ3) is 5.44. The second-order valence-corrected chi connectivity index (χ2v) is 6.65. The van der Waals surface area contributed by atoms with Gasteiger partial charge in [-0.15, -0.1) is 0 Å². The lowest BCUT2D eigenvalue weighted by Crippen LogP contribution is -2.46. The van der Waals surface area contributed by atoms with Gasteiger partial charge in [-0.25, -0.2) is 4.39 Å². The molecular formula is C19H26FNO4. The Labute approximate surface area is 147 Å². The molecule has 25 heavy (non-hydrogen) atoms. The average Bonchev–Trinajstić information content (AvgIpc) is 2.57. The van der Waals surface area contributed by atoms with Crippen LogP contribution in [0.2, 0.25) is 0 Å². The van der Waals surface area contributed by atoms with E-state index in [9.17, 15) is 14.0 Å². The molecule has 1 amide bonds. The summed E-state index contributed by atoms with van der Waals surface area (Å²) >= 11 is 0. The molecule has 1 saturated carbocycles. The van der Waals surface area contributed by atoms with Crippen molar-refractivity contribution in [2.24, 2.45) is 5.92 Å². The summed E-state index contributed by atoms with van der Waals surface area (Å²) in [5.74, 6) is -0.837. The molecule has 1 fully saturated rings. The van der Waals surface area contributed by atoms with Crippen LogP contribution in [-0.4, -0.2) is 31.1 Å². The van der Waals surface area contributed by atoms with E-state index in [1.807, 2.05) is 0 Å². The SMILES string of the molecule is COc1ccc(CC(=O)O[C@H](C)C(=O)N[C@@H]2CCCC[C@@H]2C)cc1F. The van der Waals surface area contributed by atoms with E-state index in [0.717, 1.165) is 19.3 Å². The van der Waals surface area contributed by atoms with Crippen molar-refractivity contribution in [2.75, 3.05) is 7.11 Å². The highest BCUT2D eigenvalue weighted by Gasteiger charge is 2.26. The van der Waals surface area contributed by atoms with Crippen LogP contribution in [0.25, 0.3) is 0 Å². The lowest BCUT2D eigenvalue weighted by Gasteiger charge is -2.30. The Morgan fingerprint density at radius 2 is 2.04 bits per heavy atom. The third-order valence-corrected chi connectivity index (χ3v) is 4.68. The molecule has 2 rings (SSSR count). The van der Waals surface area contributed by atoms with E-state index >= 15 is 0 Å². The number of methoxy groups -OCH3 is 1. The molecule has 5 nitrogen and oxygen atoms in total. The summed E-state index contributed by atoms with van der Waals surface area (Å²) in [4.78, 5) is 24.2. The molecule has 0 aromatic heterocycles. The number of ether oxygens (including phenoxy) is 2. The summed E-state index contributed by atoms with van der Waals surface area (Å²) in [6.07, 6.45) is 3.38. The van der Waals surface area contributed by atoms with Crippen molar-refractivity contribution in [1.29, 1.82) is 0 Å². The van der Waals surface area contributed by atoms with Crippen LogP contribution < -0.4 is 10.1 Å². The Kier molecular flexibility index (Phi) is 6.79. The summed E-state index contributed by atoms with van der Waals surface area (Å²) in [6.45, 7) is 3.67. The van der Waals surface area contributed by atoms with Crippen LogP contribution in [0.4, 0.5) is 4.39 Å². The van der Waals surface area contributed by atoms with Gasteiger partial charge in [0.2, 0.25) is 0 Å². The lowest BCUT2D eigenvalue weighted by atomic mass is 9.86. The highest BCUT2D eigenvalue weighted by Crippen LogP contribution is 2.24. The van der Waals surface area contributed by atoms with Crippen molar-refractivity contribution in [3.05, 3.63) is 29.6 Å². The summed E-state index contributed by atoms with van der Waals surface area (Å²) < 4.78 is 23.7. The highest BCUT2D eigenvalue weighted by molar-refractivity contribution is 5.84. The van der Waals surface area contributed by atoms with E-state index in [1.165, 1.54) is 25.7 Å². The minimum Gasteiger partial charge on any atom is -0.494 e. The summed E-state index contributed by atoms with van der Waals surface area (Å²) in [5, 5.41) is 2.97. The number of nitrogens with one attached hydrogen (secondary N) is 1. The average molecular weight is 351 g/mol. The number of hydrogen-bond acceptors (Lipinski definition) is 4. The van der Waals surface area contributed by atoms with Gasteiger partial charge in [-0.2, -0.15) is 0 Å². The standard InChI is InChI=1S/C19H26FNO4/c1-12-6-4-5-7-16(12)21-19(23)13(2)25-18(22)11-14-8-9-17(24-3)15(20)10-14/h8-10,12-13,16H,4-7,11H2,1-3H3,(H,21,23)/t12-,13+,16+/m0/s1. The summed E-state index contributed by atoms with van der Waals surface area (Å²) in [7, 11) is 1.37. The molecule has 0 spiro atoms. The largest absolute Gasteiger partial charge is 0.494 e. The Hall–Kier alpha value is -2.11. The van der Waals surface area contributed by atoms with Crippen LogP contribution in [0.5, 0.6) is 5.75 Å². The molecule has 1 aromatic rings. The fourth-order valence-electron chi connectivity index (χ4n) is 3.11. The normalized spacial score (nSPS) is 21.3. The van der Waals surface area contributed by atoms with Gasteiger partial charge in [0.15, 0.2) is 17.7 Å². The monoisotopic (exact) mass is 351 g/mol. The van der Waals surface area contributed by atoms with Crippen molar-refractivity contribution in [3.8, 4) is 5.75 Å². The molecule has 1 aromatic carbocycles. The molecule has 1 aliphatic carbocycles. The van der Waals surface area contributed by atoms with Crippen LogP contribution in [-0.2, 0) is 20.7 Å². The number of benzene rings is 1. The number of halogens is 1. The maximum Gasteiger partial charge on any atom is 0.311 e. The molecule has 0 heterocycles. The topological polar surface area (TPSA) is 64.6 Å². The van der Waals surface area contributed by atoms with Gasteiger partial charge in [-0.1, -0.05) is 25.8 Å². The van der Waals surface area contributed by atoms with E-state index in [4.69, 9.17) is 9.47 Å². The van der Waals surface area contributed by atoms with Crippen LogP contribution in [0.15, 0.2) is 18.2 Å². The Bertz CT molecular complexity index is 619. The van der Waals surface area contributed by atoms with Gasteiger partial charge >= 0.3 is 5.97 Å². The molecule has 1 aliphatic rings. The van der Waals surface area contributed by atoms with Gasteiger partial charge in [0.05, 0.1) is 13.5 Å². The zero-order valence-electron chi connectivity index (χ0n) is 15.0. The zero-order valence-corrected chi connectivity index (χ0v) is 15.0. The molecule has 3 atom stereocenters. The minimum atomic E-state index is -0.871. The Morgan fingerprint density at radius 1 is 1.32 bits per heavy atom. The smallest absolute Gasteiger partial charge is 0.311 e. The molecule has 0 radical (unpaired) electrons. The van der Waals surface area contributed by atoms with Crippen molar-refractivity contribution in [2.45, 2.75) is 58.1 Å². The van der Waals surface area contributed by atoms with Crippen molar-refractivity contribution in [3.63, 3.8) is 0 Å². The molecular weight excluding hydrogens is 325 g/mol. The summed E-state index contributed by atoms with van der Waals surface area (Å²) in [6, 6.07) is 4.42. The number of amides is 1. The second kappa shape index (κ2) is 8.83. The minimum absolute atomic E-state index is 0.0988. The van der Waals surface area contributed by atoms with Gasteiger partial charge in [-0.05, 0) is 43.4 Å². The first-order valence-electron chi connectivity index (χ1n) is 8.73. The van der Waals surface area contributed by atoms with Gasteiger partial charge in [-0.3, -0.25) is 9.59 Å². The fraction of sp³-hybridized carbons (Fsp3) is 0.579. The number of hydrogen-bond donors (Lipinski definition) is 1. The summed E-state index contributed by atoms with van der Waals surface area (Å²) in [5.41, 5.74) is 0.469.